The van der Waals surface area contributed by atoms with Crippen LogP contribution in [0.1, 0.15) is 78.3 Å². The number of ether oxygens (including phenoxy) is 2. The third-order valence-electron chi connectivity index (χ3n) is 11.6. The van der Waals surface area contributed by atoms with E-state index >= 15 is 0 Å². The predicted molar refractivity (Wildman–Crippen MR) is 194 cm³/mol. The number of fused-ring (bicyclic) bond motifs is 10. The molecular formula is C44H40F3NO2. The quantitative estimate of drug-likeness (QED) is 0.191. The summed E-state index contributed by atoms with van der Waals surface area (Å²) in [6.45, 7) is 3.16. The van der Waals surface area contributed by atoms with Gasteiger partial charge in [0, 0.05) is 46.3 Å². The van der Waals surface area contributed by atoms with Crippen molar-refractivity contribution < 1.29 is 22.6 Å². The van der Waals surface area contributed by atoms with E-state index in [0.717, 1.165) is 126 Å². The van der Waals surface area contributed by atoms with Gasteiger partial charge in [0.15, 0.2) is 5.60 Å². The Balaban J connectivity index is 1.28. The molecule has 0 aromatic heterocycles. The molecule has 2 aliphatic carbocycles. The van der Waals surface area contributed by atoms with Crippen molar-refractivity contribution in [2.45, 2.75) is 62.1 Å². The molecule has 2 fully saturated rings. The Morgan fingerprint density at radius 3 is 2.06 bits per heavy atom. The molecule has 6 heteroatoms. The SMILES string of the molecule is FC(F)(F)c1ccc2c(c1)C1(CCCCCCC1)c1c3c(c4ccccc4c1-2)OC(c1ccccc1)(c1ccc(N2CCOCC2)cc1)C=C3. The first-order valence-electron chi connectivity index (χ1n) is 18.1. The van der Waals surface area contributed by atoms with Crippen LogP contribution >= 0.6 is 0 Å². The van der Waals surface area contributed by atoms with Crippen molar-refractivity contribution in [1.29, 1.82) is 0 Å². The highest BCUT2D eigenvalue weighted by Gasteiger charge is 2.49. The molecule has 50 heavy (non-hydrogen) atoms. The largest absolute Gasteiger partial charge is 0.472 e. The average molecular weight is 672 g/mol. The van der Waals surface area contributed by atoms with E-state index in [9.17, 15) is 13.2 Å². The molecule has 9 rings (SSSR count). The zero-order chi connectivity index (χ0) is 33.9. The third kappa shape index (κ3) is 4.90. The number of rotatable bonds is 3. The number of halogens is 3. The Kier molecular flexibility index (Phi) is 7.58. The van der Waals surface area contributed by atoms with Crippen LogP contribution in [0.4, 0.5) is 18.9 Å². The molecular weight excluding hydrogens is 631 g/mol. The number of hydrogen-bond donors (Lipinski definition) is 0. The summed E-state index contributed by atoms with van der Waals surface area (Å²) in [5.74, 6) is 0.799. The van der Waals surface area contributed by atoms with E-state index in [1.54, 1.807) is 6.07 Å². The molecule has 0 amide bonds. The predicted octanol–water partition coefficient (Wildman–Crippen LogP) is 11.1. The van der Waals surface area contributed by atoms with Gasteiger partial charge in [-0.25, -0.2) is 0 Å². The van der Waals surface area contributed by atoms with Crippen molar-refractivity contribution >= 4 is 22.5 Å². The molecule has 1 unspecified atom stereocenters. The van der Waals surface area contributed by atoms with Crippen LogP contribution in [0.25, 0.3) is 28.0 Å². The summed E-state index contributed by atoms with van der Waals surface area (Å²) >= 11 is 0. The summed E-state index contributed by atoms with van der Waals surface area (Å²) in [6, 6.07) is 31.8. The minimum absolute atomic E-state index is 0.527. The van der Waals surface area contributed by atoms with E-state index < -0.39 is 22.8 Å². The second-order valence-corrected chi connectivity index (χ2v) is 14.3. The maximum absolute atomic E-state index is 14.3. The van der Waals surface area contributed by atoms with Crippen molar-refractivity contribution in [1.82, 2.24) is 0 Å². The summed E-state index contributed by atoms with van der Waals surface area (Å²) in [6.07, 6.45) is 6.93. The zero-order valence-corrected chi connectivity index (χ0v) is 28.1. The van der Waals surface area contributed by atoms with Gasteiger partial charge in [-0.3, -0.25) is 0 Å². The molecule has 0 radical (unpaired) electrons. The molecule has 0 N–H and O–H groups in total. The molecule has 1 atom stereocenters. The van der Waals surface area contributed by atoms with Crippen molar-refractivity contribution in [3.63, 3.8) is 0 Å². The minimum Gasteiger partial charge on any atom is -0.472 e. The van der Waals surface area contributed by atoms with Crippen molar-refractivity contribution in [3.8, 4) is 16.9 Å². The Hall–Kier alpha value is -4.55. The maximum atomic E-state index is 14.3. The van der Waals surface area contributed by atoms with E-state index in [4.69, 9.17) is 9.47 Å². The van der Waals surface area contributed by atoms with Crippen LogP contribution in [0.2, 0.25) is 0 Å². The van der Waals surface area contributed by atoms with Crippen LogP contribution in [0, 0.1) is 0 Å². The molecule has 1 saturated heterocycles. The number of hydrogen-bond acceptors (Lipinski definition) is 3. The molecule has 254 valence electrons. The lowest BCUT2D eigenvalue weighted by Crippen LogP contribution is -2.37. The number of morpholine rings is 1. The fraction of sp³-hybridized carbons (Fsp3) is 0.318. The summed E-state index contributed by atoms with van der Waals surface area (Å²) in [4.78, 5) is 2.35. The summed E-state index contributed by atoms with van der Waals surface area (Å²) < 4.78 is 56.0. The van der Waals surface area contributed by atoms with Gasteiger partial charge in [0.05, 0.1) is 18.8 Å². The van der Waals surface area contributed by atoms with Crippen molar-refractivity contribution in [3.05, 3.63) is 137 Å². The topological polar surface area (TPSA) is 21.7 Å². The monoisotopic (exact) mass is 671 g/mol. The summed E-state index contributed by atoms with van der Waals surface area (Å²) in [7, 11) is 0. The van der Waals surface area contributed by atoms with Crippen molar-refractivity contribution in [2.24, 2.45) is 0 Å². The second-order valence-electron chi connectivity index (χ2n) is 14.3. The number of benzene rings is 5. The van der Waals surface area contributed by atoms with Crippen LogP contribution in [-0.4, -0.2) is 26.3 Å². The molecule has 2 aliphatic heterocycles. The standard InChI is InChI=1S/C44H40F3NO2/c45-44(46,47)32-17-20-36-38(29-32)42(22-9-2-1-3-10-23-42)40-37-21-24-43(30-11-5-4-6-12-30,50-41(37)35-14-8-7-13-34(35)39(36)40)31-15-18-33(19-16-31)48-25-27-49-28-26-48/h4-8,11-21,24,29H,1-3,9-10,22-23,25-28H2. The lowest BCUT2D eigenvalue weighted by Gasteiger charge is -2.40. The molecule has 5 aromatic carbocycles. The van der Waals surface area contributed by atoms with Gasteiger partial charge >= 0.3 is 6.18 Å². The number of anilines is 1. The lowest BCUT2D eigenvalue weighted by molar-refractivity contribution is -0.137. The van der Waals surface area contributed by atoms with Crippen molar-refractivity contribution in [2.75, 3.05) is 31.2 Å². The van der Waals surface area contributed by atoms with Gasteiger partial charge in [-0.2, -0.15) is 13.2 Å². The highest BCUT2D eigenvalue weighted by Crippen LogP contribution is 2.62. The summed E-state index contributed by atoms with van der Waals surface area (Å²) in [5.41, 5.74) is 6.16. The normalized spacial score (nSPS) is 21.2. The fourth-order valence-electron chi connectivity index (χ4n) is 9.27. The summed E-state index contributed by atoms with van der Waals surface area (Å²) in [5, 5.41) is 2.01. The molecule has 0 bridgehead atoms. The highest BCUT2D eigenvalue weighted by molar-refractivity contribution is 6.08. The number of nitrogens with zero attached hydrogens (tertiary/aromatic N) is 1. The van der Waals surface area contributed by atoms with Gasteiger partial charge in [-0.15, -0.1) is 0 Å². The molecule has 4 aliphatic rings. The Morgan fingerprint density at radius 1 is 0.680 bits per heavy atom. The smallest absolute Gasteiger partial charge is 0.416 e. The first kappa shape index (κ1) is 31.4. The third-order valence-corrected chi connectivity index (χ3v) is 11.6. The van der Waals surface area contributed by atoms with Gasteiger partial charge in [0.2, 0.25) is 0 Å². The molecule has 2 heterocycles. The first-order valence-corrected chi connectivity index (χ1v) is 18.1. The van der Waals surface area contributed by atoms with Gasteiger partial charge in [-0.05, 0) is 70.8 Å². The molecule has 5 aromatic rings. The van der Waals surface area contributed by atoms with E-state index in [0.29, 0.717) is 0 Å². The van der Waals surface area contributed by atoms with E-state index in [1.165, 1.54) is 18.6 Å². The van der Waals surface area contributed by atoms with Crippen LogP contribution in [0.5, 0.6) is 5.75 Å². The fourth-order valence-corrected chi connectivity index (χ4v) is 9.27. The maximum Gasteiger partial charge on any atom is 0.416 e. The Bertz CT molecular complexity index is 2090. The van der Waals surface area contributed by atoms with E-state index in [2.05, 4.69) is 65.6 Å². The molecule has 1 saturated carbocycles. The van der Waals surface area contributed by atoms with E-state index in [-0.39, 0.29) is 0 Å². The van der Waals surface area contributed by atoms with Crippen LogP contribution < -0.4 is 9.64 Å². The lowest BCUT2D eigenvalue weighted by atomic mass is 9.67. The average Bonchev–Trinajstić information content (AvgIpc) is 3.43. The van der Waals surface area contributed by atoms with Gasteiger partial charge in [0.25, 0.3) is 0 Å². The molecule has 1 spiro atoms. The van der Waals surface area contributed by atoms with Gasteiger partial charge in [-0.1, -0.05) is 111 Å². The van der Waals surface area contributed by atoms with E-state index in [1.807, 2.05) is 30.3 Å². The minimum atomic E-state index is -4.41. The second kappa shape index (κ2) is 12.1. The Labute approximate surface area is 291 Å². The van der Waals surface area contributed by atoms with Gasteiger partial charge < -0.3 is 14.4 Å². The van der Waals surface area contributed by atoms with Crippen LogP contribution in [0.15, 0.2) is 103 Å². The van der Waals surface area contributed by atoms with Gasteiger partial charge in [0.1, 0.15) is 5.75 Å². The highest BCUT2D eigenvalue weighted by atomic mass is 19.4. The molecule has 3 nitrogen and oxygen atoms in total. The Morgan fingerprint density at radius 2 is 1.34 bits per heavy atom. The van der Waals surface area contributed by atoms with Crippen LogP contribution in [-0.2, 0) is 21.9 Å². The first-order chi connectivity index (χ1) is 24.4. The number of alkyl halides is 3. The van der Waals surface area contributed by atoms with Crippen LogP contribution in [0.3, 0.4) is 0 Å². The zero-order valence-electron chi connectivity index (χ0n) is 28.1.